The summed E-state index contributed by atoms with van der Waals surface area (Å²) in [7, 11) is -2.56. The van der Waals surface area contributed by atoms with Gasteiger partial charge in [-0.3, -0.25) is 19.6 Å². The lowest BCUT2D eigenvalue weighted by Gasteiger charge is -2.15. The number of nitrogens with one attached hydrogen (secondary N) is 1. The molecule has 0 saturated heterocycles. The van der Waals surface area contributed by atoms with Crippen LogP contribution in [0.1, 0.15) is 32.6 Å². The monoisotopic (exact) mass is 568 g/mol. The summed E-state index contributed by atoms with van der Waals surface area (Å²) in [5, 5.41) is 15.9. The highest BCUT2D eigenvalue weighted by molar-refractivity contribution is 8.13. The molecule has 0 atom stereocenters. The number of nitrogens with zero attached hydrogens (tertiary/aromatic N) is 4. The van der Waals surface area contributed by atoms with Crippen LogP contribution in [0.15, 0.2) is 73.3 Å². The van der Waals surface area contributed by atoms with Crippen molar-refractivity contribution >= 4 is 53.4 Å². The van der Waals surface area contributed by atoms with Gasteiger partial charge >= 0.3 is 5.56 Å². The molecule has 0 unspecified atom stereocenters. The third-order valence-electron chi connectivity index (χ3n) is 5.31. The second-order valence-corrected chi connectivity index (χ2v) is 12.0. The molecule has 0 aliphatic carbocycles. The Bertz CT molecular complexity index is 1560. The summed E-state index contributed by atoms with van der Waals surface area (Å²) in [5.74, 6) is 0.00294. The van der Waals surface area contributed by atoms with E-state index in [1.165, 1.54) is 53.4 Å². The summed E-state index contributed by atoms with van der Waals surface area (Å²) in [4.78, 5) is 26.1. The number of nitrogens with two attached hydrogens (primary N) is 1. The first kappa shape index (κ1) is 28.2. The minimum atomic E-state index is -4.22. The predicted molar refractivity (Wildman–Crippen MR) is 139 cm³/mol. The van der Waals surface area contributed by atoms with E-state index in [2.05, 4.69) is 15.3 Å². The molecule has 15 heteroatoms. The van der Waals surface area contributed by atoms with Crippen LogP contribution in [0.3, 0.4) is 0 Å². The molecule has 0 saturated carbocycles. The first-order chi connectivity index (χ1) is 17.5. The Labute approximate surface area is 218 Å². The molecule has 12 nitrogen and oxygen atoms in total. The number of hydrogen-bond donors (Lipinski definition) is 2. The number of aromatic amines is 1. The first-order valence-electron chi connectivity index (χ1n) is 11.1. The Hall–Kier alpha value is -3.33. The van der Waals surface area contributed by atoms with E-state index in [-0.39, 0.29) is 39.2 Å². The van der Waals surface area contributed by atoms with Gasteiger partial charge in [0.15, 0.2) is 11.5 Å². The van der Waals surface area contributed by atoms with Crippen LogP contribution in [-0.4, -0.2) is 39.6 Å². The fourth-order valence-corrected chi connectivity index (χ4v) is 5.02. The van der Waals surface area contributed by atoms with Crippen molar-refractivity contribution in [2.24, 2.45) is 15.4 Å². The number of azo groups is 1. The van der Waals surface area contributed by atoms with E-state index in [0.717, 1.165) is 23.9 Å². The zero-order valence-electron chi connectivity index (χ0n) is 19.7. The van der Waals surface area contributed by atoms with E-state index in [1.54, 1.807) is 0 Å². The maximum Gasteiger partial charge on any atom is 0.301 e. The fraction of sp³-hybridized carbons (Fsp3) is 0.273. The highest BCUT2D eigenvalue weighted by Crippen LogP contribution is 2.29. The standard InChI is InChI=1S/C22H25ClN6O6S2/c1-2-3-4-7-14-28(15-30)21-20(26-25-16-10-12-17(13-11-16)37(24,34)35)22(31)29(27-21)18-8-5-6-9-19(18)36(23,32)33/h5-6,8-13,15,27H,2-4,7,14H2,1H3,(H2,24,34,35). The average Bonchev–Trinajstić information content (AvgIpc) is 3.17. The Kier molecular flexibility index (Phi) is 9.02. The van der Waals surface area contributed by atoms with Crippen LogP contribution in [0.5, 0.6) is 0 Å². The summed E-state index contributed by atoms with van der Waals surface area (Å²) in [5.41, 5.74) is -0.914. The molecule has 3 aromatic rings. The summed E-state index contributed by atoms with van der Waals surface area (Å²) in [6, 6.07) is 10.7. The SMILES string of the molecule is CCCCCCN(C=O)c1[nH]n(-c2ccccc2S(=O)(=O)Cl)c(=O)c1N=Nc1ccc(S(N)(=O)=O)cc1. The van der Waals surface area contributed by atoms with Crippen LogP contribution >= 0.6 is 10.7 Å². The molecule has 2 aromatic carbocycles. The predicted octanol–water partition coefficient (Wildman–Crippen LogP) is 3.70. The van der Waals surface area contributed by atoms with Crippen LogP contribution in [0.2, 0.25) is 0 Å². The molecule has 0 fully saturated rings. The van der Waals surface area contributed by atoms with Crippen LogP contribution in [-0.2, 0) is 23.9 Å². The molecule has 198 valence electrons. The molecule has 0 spiro atoms. The number of hydrogen-bond acceptors (Lipinski definition) is 8. The maximum atomic E-state index is 13.4. The zero-order valence-corrected chi connectivity index (χ0v) is 22.1. The molecule has 3 rings (SSSR count). The van der Waals surface area contributed by atoms with Crippen molar-refractivity contribution in [1.82, 2.24) is 9.78 Å². The number of aromatic nitrogens is 2. The van der Waals surface area contributed by atoms with Crippen molar-refractivity contribution < 1.29 is 21.6 Å². The highest BCUT2D eigenvalue weighted by Gasteiger charge is 2.24. The number of halogens is 1. The Morgan fingerprint density at radius 2 is 1.70 bits per heavy atom. The number of amides is 1. The van der Waals surface area contributed by atoms with Gasteiger partial charge in [-0.05, 0) is 42.8 Å². The lowest BCUT2D eigenvalue weighted by Crippen LogP contribution is -2.23. The molecule has 1 amide bonds. The minimum Gasteiger partial charge on any atom is -0.298 e. The van der Waals surface area contributed by atoms with Gasteiger partial charge in [0.25, 0.3) is 9.05 Å². The molecule has 1 heterocycles. The Morgan fingerprint density at radius 1 is 1.03 bits per heavy atom. The highest BCUT2D eigenvalue weighted by atomic mass is 35.7. The van der Waals surface area contributed by atoms with Gasteiger partial charge in [0.1, 0.15) is 4.90 Å². The van der Waals surface area contributed by atoms with E-state index < -0.39 is 24.6 Å². The van der Waals surface area contributed by atoms with Crippen molar-refractivity contribution in [2.75, 3.05) is 11.4 Å². The molecule has 3 N–H and O–H groups in total. The Balaban J connectivity index is 2.12. The van der Waals surface area contributed by atoms with Gasteiger partial charge in [0, 0.05) is 17.2 Å². The number of H-pyrrole nitrogens is 1. The summed E-state index contributed by atoms with van der Waals surface area (Å²) < 4.78 is 48.1. The zero-order chi connectivity index (χ0) is 27.2. The van der Waals surface area contributed by atoms with E-state index >= 15 is 0 Å². The number of anilines is 1. The van der Waals surface area contributed by atoms with Crippen molar-refractivity contribution in [3.63, 3.8) is 0 Å². The number of sulfonamides is 1. The topological polar surface area (TPSA) is 177 Å². The van der Waals surface area contributed by atoms with Crippen molar-refractivity contribution in [3.8, 4) is 5.69 Å². The van der Waals surface area contributed by atoms with Crippen molar-refractivity contribution in [2.45, 2.75) is 42.4 Å². The van der Waals surface area contributed by atoms with E-state index in [9.17, 15) is 26.4 Å². The Morgan fingerprint density at radius 3 is 2.30 bits per heavy atom. The van der Waals surface area contributed by atoms with Crippen molar-refractivity contribution in [3.05, 3.63) is 58.9 Å². The van der Waals surface area contributed by atoms with E-state index in [0.29, 0.717) is 12.8 Å². The van der Waals surface area contributed by atoms with Gasteiger partial charge in [-0.15, -0.1) is 5.11 Å². The number of unbranched alkanes of at least 4 members (excludes halogenated alkanes) is 3. The molecule has 0 bridgehead atoms. The molecule has 0 radical (unpaired) electrons. The third-order valence-corrected chi connectivity index (χ3v) is 7.61. The smallest absolute Gasteiger partial charge is 0.298 e. The molecule has 0 aliphatic rings. The minimum absolute atomic E-state index is 0.00294. The van der Waals surface area contributed by atoms with E-state index in [4.69, 9.17) is 15.8 Å². The lowest BCUT2D eigenvalue weighted by atomic mass is 10.2. The first-order valence-corrected chi connectivity index (χ1v) is 15.0. The molecule has 1 aromatic heterocycles. The van der Waals surface area contributed by atoms with E-state index in [1.807, 2.05) is 6.92 Å². The average molecular weight is 569 g/mol. The van der Waals surface area contributed by atoms with Crippen molar-refractivity contribution in [1.29, 1.82) is 0 Å². The number of carbonyl (C=O) groups is 1. The number of primary sulfonamides is 1. The van der Waals surface area contributed by atoms with Gasteiger partial charge in [0.2, 0.25) is 16.4 Å². The second kappa shape index (κ2) is 11.8. The third kappa shape index (κ3) is 6.91. The largest absolute Gasteiger partial charge is 0.301 e. The van der Waals surface area contributed by atoms with Gasteiger partial charge in [-0.1, -0.05) is 38.3 Å². The summed E-state index contributed by atoms with van der Waals surface area (Å²) >= 11 is 0. The normalized spacial score (nSPS) is 12.2. The van der Waals surface area contributed by atoms with Gasteiger partial charge in [0.05, 0.1) is 16.3 Å². The molecular weight excluding hydrogens is 544 g/mol. The lowest BCUT2D eigenvalue weighted by molar-refractivity contribution is -0.107. The molecular formula is C22H25ClN6O6S2. The number of rotatable bonds is 12. The maximum absolute atomic E-state index is 13.4. The summed E-state index contributed by atoms with van der Waals surface area (Å²) in [6.07, 6.45) is 3.99. The fourth-order valence-electron chi connectivity index (χ4n) is 3.46. The van der Waals surface area contributed by atoms with Crippen LogP contribution in [0.25, 0.3) is 5.69 Å². The number of para-hydroxylation sites is 1. The second-order valence-electron chi connectivity index (χ2n) is 7.95. The van der Waals surface area contributed by atoms with Gasteiger partial charge < -0.3 is 0 Å². The summed E-state index contributed by atoms with van der Waals surface area (Å²) in [6.45, 7) is 2.32. The van der Waals surface area contributed by atoms with Gasteiger partial charge in [-0.25, -0.2) is 26.7 Å². The van der Waals surface area contributed by atoms with Crippen LogP contribution in [0.4, 0.5) is 17.2 Å². The van der Waals surface area contributed by atoms with Crippen LogP contribution in [0, 0.1) is 0 Å². The molecule has 37 heavy (non-hydrogen) atoms. The number of carbonyl (C=O) groups excluding carboxylic acids is 1. The number of benzene rings is 2. The van der Waals surface area contributed by atoms with Crippen LogP contribution < -0.4 is 15.6 Å². The quantitative estimate of drug-likeness (QED) is 0.145. The van der Waals surface area contributed by atoms with Gasteiger partial charge in [-0.2, -0.15) is 5.11 Å². The molecule has 0 aliphatic heterocycles.